The number of nitrogens with one attached hydrogen (secondary N) is 1. The number of para-hydroxylation sites is 2. The summed E-state index contributed by atoms with van der Waals surface area (Å²) in [5, 5.41) is 12.0. The van der Waals surface area contributed by atoms with Crippen LogP contribution in [0.3, 0.4) is 0 Å². The van der Waals surface area contributed by atoms with Crippen LogP contribution < -0.4 is 10.1 Å². The van der Waals surface area contributed by atoms with E-state index in [1.54, 1.807) is 31.6 Å². The molecule has 2 aromatic carbocycles. The summed E-state index contributed by atoms with van der Waals surface area (Å²) in [5.74, 6) is 1.25. The maximum Gasteiger partial charge on any atom is 0.204 e. The molecule has 0 saturated carbocycles. The number of hydrogen-bond acceptors (Lipinski definition) is 5. The fraction of sp³-hybridized carbons (Fsp3) is 0.0625. The largest absolute Gasteiger partial charge is 0.495 e. The van der Waals surface area contributed by atoms with Gasteiger partial charge >= 0.3 is 0 Å². The van der Waals surface area contributed by atoms with Crippen molar-refractivity contribution in [3.63, 3.8) is 0 Å². The van der Waals surface area contributed by atoms with E-state index in [0.29, 0.717) is 27.9 Å². The molecule has 0 unspecified atom stereocenters. The normalized spacial score (nSPS) is 11.0. The van der Waals surface area contributed by atoms with E-state index in [1.165, 1.54) is 0 Å². The Kier molecular flexibility index (Phi) is 3.24. The Morgan fingerprint density at radius 1 is 1.17 bits per heavy atom. The Balaban J connectivity index is 1.91. The Labute approximate surface area is 136 Å². The molecule has 0 spiro atoms. The number of nitrogens with zero attached hydrogens (tertiary/aromatic N) is 4. The van der Waals surface area contributed by atoms with E-state index in [0.717, 1.165) is 11.0 Å². The van der Waals surface area contributed by atoms with Crippen molar-refractivity contribution in [2.45, 2.75) is 0 Å². The standard InChI is InChI=1S/C16H12ClN5O/c1-23-14-7-6-10(17)8-12(14)20-15-16-21-18-9-22(16)13-5-3-2-4-11(13)19-15/h2-9H,1H3,(H,19,20). The molecule has 0 aliphatic rings. The molecule has 0 amide bonds. The van der Waals surface area contributed by atoms with Gasteiger partial charge in [-0.25, -0.2) is 4.98 Å². The maximum atomic E-state index is 6.08. The van der Waals surface area contributed by atoms with E-state index in [-0.39, 0.29) is 0 Å². The Morgan fingerprint density at radius 2 is 2.04 bits per heavy atom. The molecule has 4 aromatic rings. The van der Waals surface area contributed by atoms with Gasteiger partial charge in [0, 0.05) is 5.02 Å². The second kappa shape index (κ2) is 5.40. The summed E-state index contributed by atoms with van der Waals surface area (Å²) >= 11 is 6.08. The molecule has 0 saturated heterocycles. The number of anilines is 2. The first kappa shape index (κ1) is 13.8. The smallest absolute Gasteiger partial charge is 0.204 e. The van der Waals surface area contributed by atoms with Crippen molar-refractivity contribution in [3.05, 3.63) is 53.8 Å². The second-order valence-corrected chi connectivity index (χ2v) is 5.38. The lowest BCUT2D eigenvalue weighted by atomic mass is 10.2. The van der Waals surface area contributed by atoms with Gasteiger partial charge < -0.3 is 10.1 Å². The molecule has 1 N–H and O–H groups in total. The highest BCUT2D eigenvalue weighted by molar-refractivity contribution is 6.31. The van der Waals surface area contributed by atoms with Crippen LogP contribution >= 0.6 is 11.6 Å². The molecule has 0 bridgehead atoms. The van der Waals surface area contributed by atoms with Gasteiger partial charge in [0.15, 0.2) is 5.82 Å². The van der Waals surface area contributed by atoms with Crippen molar-refractivity contribution < 1.29 is 4.74 Å². The monoisotopic (exact) mass is 325 g/mol. The molecule has 0 radical (unpaired) electrons. The van der Waals surface area contributed by atoms with Crippen LogP contribution in [0.2, 0.25) is 5.02 Å². The minimum Gasteiger partial charge on any atom is -0.495 e. The molecule has 0 aliphatic heterocycles. The zero-order valence-electron chi connectivity index (χ0n) is 12.2. The first-order chi connectivity index (χ1) is 11.3. The lowest BCUT2D eigenvalue weighted by Gasteiger charge is -2.12. The number of halogens is 1. The van der Waals surface area contributed by atoms with Crippen LogP contribution in [0.25, 0.3) is 16.7 Å². The molecule has 2 heterocycles. The highest BCUT2D eigenvalue weighted by Gasteiger charge is 2.12. The van der Waals surface area contributed by atoms with Gasteiger partial charge in [0.25, 0.3) is 0 Å². The predicted octanol–water partition coefficient (Wildman–Crippen LogP) is 3.68. The number of aromatic nitrogens is 4. The lowest BCUT2D eigenvalue weighted by Crippen LogP contribution is -2.01. The minimum absolute atomic E-state index is 0.585. The van der Waals surface area contributed by atoms with Crippen LogP contribution in [-0.2, 0) is 0 Å². The molecular weight excluding hydrogens is 314 g/mol. The van der Waals surface area contributed by atoms with E-state index >= 15 is 0 Å². The fourth-order valence-corrected chi connectivity index (χ4v) is 2.67. The van der Waals surface area contributed by atoms with Crippen LogP contribution in [0.5, 0.6) is 5.75 Å². The first-order valence-electron chi connectivity index (χ1n) is 6.95. The van der Waals surface area contributed by atoms with Crippen molar-refractivity contribution in [3.8, 4) is 5.75 Å². The van der Waals surface area contributed by atoms with Gasteiger partial charge in [-0.3, -0.25) is 4.40 Å². The number of ether oxygens (including phenoxy) is 1. The molecular formula is C16H12ClN5O. The molecule has 7 heteroatoms. The van der Waals surface area contributed by atoms with Crippen LogP contribution in [-0.4, -0.2) is 26.7 Å². The number of rotatable bonds is 3. The van der Waals surface area contributed by atoms with Crippen molar-refractivity contribution >= 4 is 39.8 Å². The summed E-state index contributed by atoms with van der Waals surface area (Å²) in [7, 11) is 1.61. The van der Waals surface area contributed by atoms with E-state index in [1.807, 2.05) is 28.7 Å². The summed E-state index contributed by atoms with van der Waals surface area (Å²) < 4.78 is 7.25. The van der Waals surface area contributed by atoms with Crippen molar-refractivity contribution in [2.24, 2.45) is 0 Å². The van der Waals surface area contributed by atoms with Crippen molar-refractivity contribution in [2.75, 3.05) is 12.4 Å². The van der Waals surface area contributed by atoms with Crippen molar-refractivity contribution in [1.29, 1.82) is 0 Å². The number of hydrogen-bond donors (Lipinski definition) is 1. The zero-order valence-corrected chi connectivity index (χ0v) is 12.9. The van der Waals surface area contributed by atoms with Gasteiger partial charge in [-0.2, -0.15) is 0 Å². The van der Waals surface area contributed by atoms with E-state index in [4.69, 9.17) is 16.3 Å². The first-order valence-corrected chi connectivity index (χ1v) is 7.33. The zero-order chi connectivity index (χ0) is 15.8. The molecule has 6 nitrogen and oxygen atoms in total. The average molecular weight is 326 g/mol. The van der Waals surface area contributed by atoms with Crippen LogP contribution in [0, 0.1) is 0 Å². The molecule has 114 valence electrons. The van der Waals surface area contributed by atoms with Crippen LogP contribution in [0.4, 0.5) is 11.5 Å². The highest BCUT2D eigenvalue weighted by atomic mass is 35.5. The summed E-state index contributed by atoms with van der Waals surface area (Å²) in [5.41, 5.74) is 3.12. The molecule has 23 heavy (non-hydrogen) atoms. The lowest BCUT2D eigenvalue weighted by molar-refractivity contribution is 0.417. The Morgan fingerprint density at radius 3 is 2.91 bits per heavy atom. The Bertz CT molecular complexity index is 1010. The number of benzene rings is 2. The molecule has 4 rings (SSSR count). The topological polar surface area (TPSA) is 64.3 Å². The summed E-state index contributed by atoms with van der Waals surface area (Å²) in [6.45, 7) is 0. The quantitative estimate of drug-likeness (QED) is 0.622. The van der Waals surface area contributed by atoms with Gasteiger partial charge in [0.2, 0.25) is 5.65 Å². The van der Waals surface area contributed by atoms with Gasteiger partial charge in [-0.05, 0) is 30.3 Å². The van der Waals surface area contributed by atoms with Gasteiger partial charge in [0.1, 0.15) is 12.1 Å². The maximum absolute atomic E-state index is 6.08. The predicted molar refractivity (Wildman–Crippen MR) is 89.6 cm³/mol. The second-order valence-electron chi connectivity index (χ2n) is 4.94. The van der Waals surface area contributed by atoms with E-state index in [9.17, 15) is 0 Å². The SMILES string of the molecule is COc1ccc(Cl)cc1Nc1nc2ccccc2n2cnnc12. The minimum atomic E-state index is 0.585. The molecule has 0 atom stereocenters. The highest BCUT2D eigenvalue weighted by Crippen LogP contribution is 2.31. The number of fused-ring (bicyclic) bond motifs is 3. The molecule has 0 fully saturated rings. The third kappa shape index (κ3) is 2.33. The molecule has 2 aromatic heterocycles. The summed E-state index contributed by atoms with van der Waals surface area (Å²) in [6, 6.07) is 13.2. The number of methoxy groups -OCH3 is 1. The third-order valence-corrected chi connectivity index (χ3v) is 3.78. The average Bonchev–Trinajstić information content (AvgIpc) is 3.05. The third-order valence-electron chi connectivity index (χ3n) is 3.55. The van der Waals surface area contributed by atoms with Gasteiger partial charge in [0.05, 0.1) is 23.8 Å². The molecule has 0 aliphatic carbocycles. The fourth-order valence-electron chi connectivity index (χ4n) is 2.49. The van der Waals surface area contributed by atoms with Gasteiger partial charge in [-0.1, -0.05) is 23.7 Å². The van der Waals surface area contributed by atoms with E-state index in [2.05, 4.69) is 20.5 Å². The Hall–Kier alpha value is -2.86. The van der Waals surface area contributed by atoms with Crippen LogP contribution in [0.1, 0.15) is 0 Å². The summed E-state index contributed by atoms with van der Waals surface area (Å²) in [6.07, 6.45) is 1.67. The van der Waals surface area contributed by atoms with E-state index < -0.39 is 0 Å². The van der Waals surface area contributed by atoms with Gasteiger partial charge in [-0.15, -0.1) is 10.2 Å². The van der Waals surface area contributed by atoms with Crippen molar-refractivity contribution in [1.82, 2.24) is 19.6 Å². The van der Waals surface area contributed by atoms with Crippen LogP contribution in [0.15, 0.2) is 48.8 Å². The summed E-state index contributed by atoms with van der Waals surface area (Å²) in [4.78, 5) is 4.64.